The Balaban J connectivity index is 2.40. The number of sulfonamides is 1. The van der Waals surface area contributed by atoms with Crippen molar-refractivity contribution in [2.24, 2.45) is 5.73 Å². The third kappa shape index (κ3) is 3.37. The van der Waals surface area contributed by atoms with Crippen molar-refractivity contribution in [2.75, 3.05) is 31.7 Å². The number of sulfone groups is 1. The second-order valence-corrected chi connectivity index (χ2v) is 8.96. The molecule has 0 atom stereocenters. The largest absolute Gasteiger partial charge is 0.495 e. The Hall–Kier alpha value is -1.16. The van der Waals surface area contributed by atoms with Crippen molar-refractivity contribution >= 4 is 19.9 Å². The number of nitrogens with two attached hydrogens (primary N) is 1. The first-order valence-electron chi connectivity index (χ1n) is 6.38. The first kappa shape index (κ1) is 16.2. The zero-order valence-electron chi connectivity index (χ0n) is 11.6. The van der Waals surface area contributed by atoms with Gasteiger partial charge in [0.2, 0.25) is 10.0 Å². The molecule has 0 aromatic heterocycles. The van der Waals surface area contributed by atoms with E-state index in [0.29, 0.717) is 5.56 Å². The Kier molecular flexibility index (Phi) is 4.57. The highest BCUT2D eigenvalue weighted by Crippen LogP contribution is 2.28. The Labute approximate surface area is 124 Å². The average molecular weight is 334 g/mol. The van der Waals surface area contributed by atoms with Crippen molar-refractivity contribution in [3.05, 3.63) is 23.8 Å². The summed E-state index contributed by atoms with van der Waals surface area (Å²) in [7, 11) is -5.56. The van der Waals surface area contributed by atoms with Crippen molar-refractivity contribution in [3.63, 3.8) is 0 Å². The third-order valence-electron chi connectivity index (χ3n) is 3.38. The molecule has 1 aliphatic heterocycles. The highest BCUT2D eigenvalue weighted by atomic mass is 32.2. The summed E-state index contributed by atoms with van der Waals surface area (Å²) in [5.74, 6) is -0.100. The van der Waals surface area contributed by atoms with Gasteiger partial charge in [-0.15, -0.1) is 0 Å². The molecular weight excluding hydrogens is 316 g/mol. The summed E-state index contributed by atoms with van der Waals surface area (Å²) >= 11 is 0. The van der Waals surface area contributed by atoms with Gasteiger partial charge in [-0.05, 0) is 17.7 Å². The van der Waals surface area contributed by atoms with Crippen LogP contribution in [-0.2, 0) is 26.4 Å². The Morgan fingerprint density at radius 2 is 1.90 bits per heavy atom. The highest BCUT2D eigenvalue weighted by molar-refractivity contribution is 7.92. The van der Waals surface area contributed by atoms with Crippen LogP contribution in [0.25, 0.3) is 0 Å². The number of benzene rings is 1. The molecule has 1 fully saturated rings. The number of hydrogen-bond acceptors (Lipinski definition) is 6. The van der Waals surface area contributed by atoms with E-state index in [4.69, 9.17) is 10.5 Å². The van der Waals surface area contributed by atoms with Crippen molar-refractivity contribution in [1.82, 2.24) is 4.31 Å². The molecule has 7 nitrogen and oxygen atoms in total. The predicted molar refractivity (Wildman–Crippen MR) is 78.3 cm³/mol. The fourth-order valence-corrected chi connectivity index (χ4v) is 5.20. The van der Waals surface area contributed by atoms with Gasteiger partial charge in [-0.3, -0.25) is 0 Å². The first-order valence-corrected chi connectivity index (χ1v) is 9.64. The second kappa shape index (κ2) is 5.91. The minimum Gasteiger partial charge on any atom is -0.495 e. The van der Waals surface area contributed by atoms with Gasteiger partial charge < -0.3 is 10.5 Å². The maximum Gasteiger partial charge on any atom is 0.246 e. The number of hydrogen-bond donors (Lipinski definition) is 1. The van der Waals surface area contributed by atoms with Crippen LogP contribution in [-0.4, -0.2) is 52.8 Å². The molecule has 2 N–H and O–H groups in total. The molecule has 0 spiro atoms. The van der Waals surface area contributed by atoms with E-state index >= 15 is 0 Å². The average Bonchev–Trinajstić information content (AvgIpc) is 2.46. The van der Waals surface area contributed by atoms with Crippen LogP contribution in [0.2, 0.25) is 0 Å². The van der Waals surface area contributed by atoms with Crippen molar-refractivity contribution in [3.8, 4) is 5.75 Å². The van der Waals surface area contributed by atoms with Crippen LogP contribution in [0.1, 0.15) is 5.56 Å². The minimum atomic E-state index is -3.80. The molecule has 21 heavy (non-hydrogen) atoms. The van der Waals surface area contributed by atoms with Crippen LogP contribution in [0.5, 0.6) is 5.75 Å². The number of nitrogens with zero attached hydrogens (tertiary/aromatic N) is 1. The predicted octanol–water partition coefficient (Wildman–Crippen LogP) is -0.427. The molecule has 0 saturated carbocycles. The quantitative estimate of drug-likeness (QED) is 0.801. The lowest BCUT2D eigenvalue weighted by atomic mass is 10.2. The number of methoxy groups -OCH3 is 1. The van der Waals surface area contributed by atoms with Crippen LogP contribution in [0.3, 0.4) is 0 Å². The molecule has 118 valence electrons. The molecule has 1 saturated heterocycles. The molecule has 1 heterocycles. The SMILES string of the molecule is COc1ccc(CN)cc1S(=O)(=O)N1CCS(=O)(=O)CC1. The van der Waals surface area contributed by atoms with Gasteiger partial charge in [-0.2, -0.15) is 4.31 Å². The van der Waals surface area contributed by atoms with Crippen LogP contribution in [0, 0.1) is 0 Å². The van der Waals surface area contributed by atoms with Crippen LogP contribution in [0.15, 0.2) is 23.1 Å². The molecule has 9 heteroatoms. The summed E-state index contributed by atoms with van der Waals surface area (Å²) in [6, 6.07) is 4.71. The van der Waals surface area contributed by atoms with Gasteiger partial charge in [0.1, 0.15) is 10.6 Å². The van der Waals surface area contributed by atoms with Gasteiger partial charge >= 0.3 is 0 Å². The van der Waals surface area contributed by atoms with E-state index in [2.05, 4.69) is 0 Å². The van der Waals surface area contributed by atoms with Gasteiger partial charge in [0, 0.05) is 19.6 Å². The van der Waals surface area contributed by atoms with E-state index in [1.54, 1.807) is 12.1 Å². The summed E-state index contributed by atoms with van der Waals surface area (Å²) in [4.78, 5) is 0.0206. The number of rotatable bonds is 4. The zero-order valence-corrected chi connectivity index (χ0v) is 13.3. The van der Waals surface area contributed by atoms with Crippen LogP contribution >= 0.6 is 0 Å². The molecule has 1 aromatic carbocycles. The maximum absolute atomic E-state index is 12.7. The van der Waals surface area contributed by atoms with E-state index < -0.39 is 19.9 Å². The van der Waals surface area contributed by atoms with E-state index in [1.165, 1.54) is 17.5 Å². The summed E-state index contributed by atoms with van der Waals surface area (Å²) < 4.78 is 54.4. The lowest BCUT2D eigenvalue weighted by molar-refractivity contribution is 0.393. The van der Waals surface area contributed by atoms with Crippen LogP contribution < -0.4 is 10.5 Å². The van der Waals surface area contributed by atoms with Crippen molar-refractivity contribution < 1.29 is 21.6 Å². The molecule has 0 aliphatic carbocycles. The lowest BCUT2D eigenvalue weighted by Gasteiger charge is -2.26. The fraction of sp³-hybridized carbons (Fsp3) is 0.500. The first-order chi connectivity index (χ1) is 9.80. The Morgan fingerprint density at radius 3 is 2.43 bits per heavy atom. The molecule has 0 unspecified atom stereocenters. The smallest absolute Gasteiger partial charge is 0.246 e. The summed E-state index contributed by atoms with van der Waals surface area (Å²) in [6.07, 6.45) is 0. The molecule has 0 bridgehead atoms. The normalized spacial score (nSPS) is 19.3. The van der Waals surface area contributed by atoms with Gasteiger partial charge in [-0.1, -0.05) is 6.07 Å². The van der Waals surface area contributed by atoms with Crippen LogP contribution in [0.4, 0.5) is 0 Å². The molecule has 1 aliphatic rings. The minimum absolute atomic E-state index is 0.0206. The fourth-order valence-electron chi connectivity index (χ4n) is 2.12. The van der Waals surface area contributed by atoms with Gasteiger partial charge in [-0.25, -0.2) is 16.8 Å². The second-order valence-electron chi connectivity index (χ2n) is 4.75. The highest BCUT2D eigenvalue weighted by Gasteiger charge is 2.33. The molecular formula is C12H18N2O5S2. The van der Waals surface area contributed by atoms with Gasteiger partial charge in [0.15, 0.2) is 9.84 Å². The Morgan fingerprint density at radius 1 is 1.29 bits per heavy atom. The monoisotopic (exact) mass is 334 g/mol. The Bertz CT molecular complexity index is 714. The van der Waals surface area contributed by atoms with E-state index in [0.717, 1.165) is 0 Å². The maximum atomic E-state index is 12.7. The summed E-state index contributed by atoms with van der Waals surface area (Å²) in [5, 5.41) is 0. The number of ether oxygens (including phenoxy) is 1. The lowest BCUT2D eigenvalue weighted by Crippen LogP contribution is -2.43. The summed E-state index contributed by atoms with van der Waals surface area (Å²) in [6.45, 7) is 0.127. The van der Waals surface area contributed by atoms with E-state index in [-0.39, 0.29) is 41.8 Å². The third-order valence-corrected chi connectivity index (χ3v) is 6.91. The molecule has 0 radical (unpaired) electrons. The zero-order chi connectivity index (χ0) is 15.7. The topological polar surface area (TPSA) is 107 Å². The van der Waals surface area contributed by atoms with E-state index in [1.807, 2.05) is 0 Å². The van der Waals surface area contributed by atoms with Gasteiger partial charge in [0.05, 0.1) is 18.6 Å². The van der Waals surface area contributed by atoms with Crippen molar-refractivity contribution in [2.45, 2.75) is 11.4 Å². The molecule has 2 rings (SSSR count). The van der Waals surface area contributed by atoms with E-state index in [9.17, 15) is 16.8 Å². The van der Waals surface area contributed by atoms with Crippen molar-refractivity contribution in [1.29, 1.82) is 0 Å². The van der Waals surface area contributed by atoms with Gasteiger partial charge in [0.25, 0.3) is 0 Å². The summed E-state index contributed by atoms with van der Waals surface area (Å²) in [5.41, 5.74) is 6.20. The molecule has 1 aromatic rings. The molecule has 0 amide bonds. The standard InChI is InChI=1S/C12H18N2O5S2/c1-19-11-3-2-10(9-13)8-12(11)21(17,18)14-4-6-20(15,16)7-5-14/h2-3,8H,4-7,9,13H2,1H3.